The van der Waals surface area contributed by atoms with Crippen molar-refractivity contribution in [2.75, 3.05) is 5.43 Å². The van der Waals surface area contributed by atoms with Crippen molar-refractivity contribution in [2.45, 2.75) is 6.92 Å². The summed E-state index contributed by atoms with van der Waals surface area (Å²) in [7, 11) is 0. The zero-order valence-corrected chi connectivity index (χ0v) is 12.2. The van der Waals surface area contributed by atoms with Gasteiger partial charge in [0.15, 0.2) is 0 Å². The first-order valence-electron chi connectivity index (χ1n) is 5.47. The third kappa shape index (κ3) is 3.34. The van der Waals surface area contributed by atoms with E-state index in [1.54, 1.807) is 0 Å². The molecule has 0 saturated heterocycles. The molecule has 0 aromatic heterocycles. The molecule has 0 aliphatic heterocycles. The monoisotopic (exact) mass is 322 g/mol. The van der Waals surface area contributed by atoms with Crippen LogP contribution in [0.5, 0.6) is 0 Å². The second-order valence-electron chi connectivity index (χ2n) is 3.80. The summed E-state index contributed by atoms with van der Waals surface area (Å²) in [5.74, 6) is 0. The van der Waals surface area contributed by atoms with Crippen molar-refractivity contribution in [1.82, 2.24) is 0 Å². The lowest BCUT2D eigenvalue weighted by atomic mass is 10.1. The van der Waals surface area contributed by atoms with Gasteiger partial charge in [-0.25, -0.2) is 0 Å². The zero-order valence-electron chi connectivity index (χ0n) is 9.82. The van der Waals surface area contributed by atoms with E-state index in [9.17, 15) is 0 Å². The normalized spacial score (nSPS) is 11.4. The van der Waals surface area contributed by atoms with E-state index < -0.39 is 0 Å². The van der Waals surface area contributed by atoms with Crippen molar-refractivity contribution < 1.29 is 0 Å². The minimum atomic E-state index is 0.704. The van der Waals surface area contributed by atoms with Crippen LogP contribution in [0.1, 0.15) is 12.5 Å². The molecule has 0 atom stereocenters. The summed E-state index contributed by atoms with van der Waals surface area (Å²) in [6.45, 7) is 1.92. The number of hydrogen-bond acceptors (Lipinski definition) is 2. The van der Waals surface area contributed by atoms with Crippen LogP contribution < -0.4 is 5.43 Å². The third-order valence-corrected chi connectivity index (χ3v) is 3.26. The Balaban J connectivity index is 2.17. The van der Waals surface area contributed by atoms with Gasteiger partial charge in [-0.2, -0.15) is 5.10 Å². The van der Waals surface area contributed by atoms with E-state index in [0.717, 1.165) is 21.4 Å². The quantitative estimate of drug-likeness (QED) is 0.628. The predicted molar refractivity (Wildman–Crippen MR) is 81.4 cm³/mol. The smallest absolute Gasteiger partial charge is 0.0663 e. The van der Waals surface area contributed by atoms with Crippen molar-refractivity contribution in [3.63, 3.8) is 0 Å². The van der Waals surface area contributed by atoms with Crippen LogP contribution in [0.2, 0.25) is 5.02 Å². The minimum absolute atomic E-state index is 0.704. The van der Waals surface area contributed by atoms with Gasteiger partial charge in [0, 0.05) is 15.1 Å². The molecule has 2 nitrogen and oxygen atoms in total. The fourth-order valence-electron chi connectivity index (χ4n) is 1.52. The van der Waals surface area contributed by atoms with Crippen molar-refractivity contribution in [2.24, 2.45) is 5.10 Å². The minimum Gasteiger partial charge on any atom is -0.278 e. The maximum Gasteiger partial charge on any atom is 0.0663 e. The van der Waals surface area contributed by atoms with E-state index in [-0.39, 0.29) is 0 Å². The molecule has 0 heterocycles. The van der Waals surface area contributed by atoms with Crippen molar-refractivity contribution in [3.8, 4) is 0 Å². The summed E-state index contributed by atoms with van der Waals surface area (Å²) in [5.41, 5.74) is 5.72. The Morgan fingerprint density at radius 3 is 2.67 bits per heavy atom. The van der Waals surface area contributed by atoms with Gasteiger partial charge in [0.2, 0.25) is 0 Å². The lowest BCUT2D eigenvalue weighted by Gasteiger charge is -2.05. The summed E-state index contributed by atoms with van der Waals surface area (Å²) in [4.78, 5) is 0. The first-order chi connectivity index (χ1) is 8.66. The molecule has 2 aromatic rings. The van der Waals surface area contributed by atoms with Gasteiger partial charge in [-0.05, 0) is 31.2 Å². The van der Waals surface area contributed by atoms with E-state index >= 15 is 0 Å². The summed E-state index contributed by atoms with van der Waals surface area (Å²) >= 11 is 9.53. The van der Waals surface area contributed by atoms with Gasteiger partial charge in [-0.15, -0.1) is 0 Å². The van der Waals surface area contributed by atoms with E-state index in [4.69, 9.17) is 11.6 Å². The van der Waals surface area contributed by atoms with Gasteiger partial charge in [0.1, 0.15) is 0 Å². The predicted octanol–water partition coefficient (Wildman–Crippen LogP) is 4.94. The Bertz CT molecular complexity index is 582. The highest BCUT2D eigenvalue weighted by Crippen LogP contribution is 2.18. The first kappa shape index (κ1) is 13.1. The highest BCUT2D eigenvalue weighted by molar-refractivity contribution is 9.10. The second-order valence-corrected chi connectivity index (χ2v) is 5.12. The third-order valence-electron chi connectivity index (χ3n) is 2.44. The maximum absolute atomic E-state index is 6.11. The molecule has 92 valence electrons. The summed E-state index contributed by atoms with van der Waals surface area (Å²) in [6, 6.07) is 15.5. The van der Waals surface area contributed by atoms with Crippen LogP contribution >= 0.6 is 27.5 Å². The molecule has 0 saturated carbocycles. The number of nitrogens with one attached hydrogen (secondary N) is 1. The van der Waals surface area contributed by atoms with Crippen LogP contribution in [-0.2, 0) is 0 Å². The van der Waals surface area contributed by atoms with Gasteiger partial charge in [-0.1, -0.05) is 51.8 Å². The number of benzene rings is 2. The Morgan fingerprint density at radius 1 is 1.17 bits per heavy atom. The zero-order chi connectivity index (χ0) is 13.0. The van der Waals surface area contributed by atoms with Crippen molar-refractivity contribution >= 4 is 38.9 Å². The van der Waals surface area contributed by atoms with Gasteiger partial charge >= 0.3 is 0 Å². The molecule has 0 radical (unpaired) electrons. The van der Waals surface area contributed by atoms with Crippen LogP contribution in [0, 0.1) is 0 Å². The average Bonchev–Trinajstić information content (AvgIpc) is 2.37. The van der Waals surface area contributed by atoms with Gasteiger partial charge in [-0.3, -0.25) is 5.43 Å². The SMILES string of the molecule is C/C(=N\Nc1cccc(Br)c1)c1ccccc1Cl. The number of anilines is 1. The molecule has 2 rings (SSSR count). The molecule has 1 N–H and O–H groups in total. The Labute approximate surface area is 120 Å². The summed E-state index contributed by atoms with van der Waals surface area (Å²) < 4.78 is 1.01. The lowest BCUT2D eigenvalue weighted by molar-refractivity contribution is 1.32. The summed E-state index contributed by atoms with van der Waals surface area (Å²) in [5, 5.41) is 5.03. The molecule has 4 heteroatoms. The number of halogens is 2. The van der Waals surface area contributed by atoms with E-state index in [1.807, 2.05) is 55.5 Å². The highest BCUT2D eigenvalue weighted by atomic mass is 79.9. The molecule has 18 heavy (non-hydrogen) atoms. The van der Waals surface area contributed by atoms with Crippen LogP contribution in [0.15, 0.2) is 58.1 Å². The molecule has 0 aliphatic rings. The number of rotatable bonds is 3. The fraction of sp³-hybridized carbons (Fsp3) is 0.0714. The summed E-state index contributed by atoms with van der Waals surface area (Å²) in [6.07, 6.45) is 0. The van der Waals surface area contributed by atoms with E-state index in [1.165, 1.54) is 0 Å². The first-order valence-corrected chi connectivity index (χ1v) is 6.64. The Kier molecular flexibility index (Phi) is 4.39. The van der Waals surface area contributed by atoms with Crippen LogP contribution in [0.4, 0.5) is 5.69 Å². The molecule has 0 aliphatic carbocycles. The lowest BCUT2D eigenvalue weighted by Crippen LogP contribution is -2.00. The second kappa shape index (κ2) is 6.03. The molecule has 0 fully saturated rings. The van der Waals surface area contributed by atoms with E-state index in [2.05, 4.69) is 26.5 Å². The molecule has 0 unspecified atom stereocenters. The van der Waals surface area contributed by atoms with Crippen LogP contribution in [-0.4, -0.2) is 5.71 Å². The molecular weight excluding hydrogens is 312 g/mol. The number of nitrogens with zero attached hydrogens (tertiary/aromatic N) is 1. The number of hydrazone groups is 1. The Hall–Kier alpha value is -1.32. The maximum atomic E-state index is 6.11. The largest absolute Gasteiger partial charge is 0.278 e. The topological polar surface area (TPSA) is 24.4 Å². The fourth-order valence-corrected chi connectivity index (χ4v) is 2.19. The highest BCUT2D eigenvalue weighted by Gasteiger charge is 2.02. The van der Waals surface area contributed by atoms with E-state index in [0.29, 0.717) is 5.02 Å². The molecule has 2 aromatic carbocycles. The van der Waals surface area contributed by atoms with Gasteiger partial charge in [0.25, 0.3) is 0 Å². The van der Waals surface area contributed by atoms with Gasteiger partial charge in [0.05, 0.1) is 11.4 Å². The van der Waals surface area contributed by atoms with Crippen LogP contribution in [0.3, 0.4) is 0 Å². The van der Waals surface area contributed by atoms with Crippen molar-refractivity contribution in [3.05, 3.63) is 63.6 Å². The Morgan fingerprint density at radius 2 is 1.94 bits per heavy atom. The molecule has 0 bridgehead atoms. The molecule has 0 amide bonds. The van der Waals surface area contributed by atoms with Crippen molar-refractivity contribution in [1.29, 1.82) is 0 Å². The van der Waals surface area contributed by atoms with Crippen LogP contribution in [0.25, 0.3) is 0 Å². The van der Waals surface area contributed by atoms with Gasteiger partial charge < -0.3 is 0 Å². The number of hydrogen-bond donors (Lipinski definition) is 1. The molecule has 0 spiro atoms. The average molecular weight is 324 g/mol. The molecular formula is C14H12BrClN2. The standard InChI is InChI=1S/C14H12BrClN2/c1-10(13-7-2-3-8-14(13)16)17-18-12-6-4-5-11(15)9-12/h2-9,18H,1H3/b17-10+.